The number of nitrogens with one attached hydrogen (secondary N) is 1. The number of ether oxygens (including phenoxy) is 2. The van der Waals surface area contributed by atoms with Crippen LogP contribution >= 0.6 is 0 Å². The predicted molar refractivity (Wildman–Crippen MR) is 111 cm³/mol. The van der Waals surface area contributed by atoms with Crippen LogP contribution < -0.4 is 24.9 Å². The summed E-state index contributed by atoms with van der Waals surface area (Å²) >= 11 is 0. The van der Waals surface area contributed by atoms with E-state index in [1.165, 1.54) is 25.4 Å². The molecular formula is C20H22FN7O3. The molecular weight excluding hydrogens is 405 g/mol. The second kappa shape index (κ2) is 7.65. The van der Waals surface area contributed by atoms with Crippen molar-refractivity contribution in [2.45, 2.75) is 6.04 Å². The Balaban J connectivity index is 1.37. The lowest BCUT2D eigenvalue weighted by Crippen LogP contribution is -2.58. The van der Waals surface area contributed by atoms with Gasteiger partial charge in [-0.25, -0.2) is 9.82 Å². The van der Waals surface area contributed by atoms with E-state index in [0.29, 0.717) is 49.6 Å². The van der Waals surface area contributed by atoms with Crippen LogP contribution in [0.5, 0.6) is 11.8 Å². The van der Waals surface area contributed by atoms with Crippen molar-refractivity contribution < 1.29 is 18.7 Å². The minimum Gasteiger partial charge on any atom is -0.481 e. The SMILES string of the molecule is COc1cc(OC)nc(N2CC3CN(C(=O)c4c(F)cccc4N4N=CCN4)C3C2)n1. The van der Waals surface area contributed by atoms with Crippen LogP contribution in [-0.4, -0.2) is 73.4 Å². The van der Waals surface area contributed by atoms with Gasteiger partial charge < -0.3 is 19.3 Å². The Kier molecular flexibility index (Phi) is 4.81. The highest BCUT2D eigenvalue weighted by Gasteiger charge is 2.49. The first-order valence-corrected chi connectivity index (χ1v) is 9.96. The number of amides is 1. The third-order valence-electron chi connectivity index (χ3n) is 5.83. The maximum atomic E-state index is 14.7. The zero-order chi connectivity index (χ0) is 21.5. The number of likely N-dealkylation sites (tertiary alicyclic amines) is 1. The Labute approximate surface area is 178 Å². The molecule has 3 aliphatic rings. The van der Waals surface area contributed by atoms with Crippen LogP contribution in [0.4, 0.5) is 16.0 Å². The van der Waals surface area contributed by atoms with E-state index in [1.54, 1.807) is 29.3 Å². The van der Waals surface area contributed by atoms with Gasteiger partial charge in [0.15, 0.2) is 0 Å². The molecule has 1 aromatic carbocycles. The lowest BCUT2D eigenvalue weighted by atomic mass is 9.91. The number of carbonyl (C=O) groups excluding carboxylic acids is 1. The Hall–Kier alpha value is -3.47. The Bertz CT molecular complexity index is 1030. The maximum Gasteiger partial charge on any atom is 0.259 e. The van der Waals surface area contributed by atoms with Gasteiger partial charge in [-0.1, -0.05) is 6.07 Å². The number of benzene rings is 1. The molecule has 2 atom stereocenters. The van der Waals surface area contributed by atoms with E-state index in [9.17, 15) is 9.18 Å². The average Bonchev–Trinajstić information content (AvgIpc) is 3.42. The molecule has 0 saturated carbocycles. The number of nitrogens with zero attached hydrogens (tertiary/aromatic N) is 6. The molecule has 162 valence electrons. The molecule has 0 radical (unpaired) electrons. The van der Waals surface area contributed by atoms with Gasteiger partial charge in [-0.05, 0) is 12.1 Å². The smallest absolute Gasteiger partial charge is 0.259 e. The van der Waals surface area contributed by atoms with Crippen molar-refractivity contribution in [3.63, 3.8) is 0 Å². The Morgan fingerprint density at radius 3 is 2.61 bits per heavy atom. The van der Waals surface area contributed by atoms with E-state index in [-0.39, 0.29) is 23.4 Å². The number of fused-ring (bicyclic) bond motifs is 1. The van der Waals surface area contributed by atoms with E-state index < -0.39 is 5.82 Å². The number of hydrazine groups is 1. The first-order valence-electron chi connectivity index (χ1n) is 9.96. The van der Waals surface area contributed by atoms with Gasteiger partial charge in [0.2, 0.25) is 17.7 Å². The lowest BCUT2D eigenvalue weighted by Gasteiger charge is -2.43. The van der Waals surface area contributed by atoms with Crippen molar-refractivity contribution in [1.29, 1.82) is 0 Å². The summed E-state index contributed by atoms with van der Waals surface area (Å²) in [5, 5.41) is 5.59. The number of halogens is 1. The molecule has 1 amide bonds. The van der Waals surface area contributed by atoms with Gasteiger partial charge in [-0.15, -0.1) is 0 Å². The summed E-state index contributed by atoms with van der Waals surface area (Å²) in [6.07, 6.45) is 1.66. The highest BCUT2D eigenvalue weighted by atomic mass is 19.1. The van der Waals surface area contributed by atoms with Crippen molar-refractivity contribution in [2.24, 2.45) is 11.0 Å². The van der Waals surface area contributed by atoms with E-state index in [0.717, 1.165) is 0 Å². The van der Waals surface area contributed by atoms with Crippen molar-refractivity contribution in [3.8, 4) is 11.8 Å². The first kappa shape index (κ1) is 19.5. The monoisotopic (exact) mass is 427 g/mol. The van der Waals surface area contributed by atoms with Gasteiger partial charge >= 0.3 is 0 Å². The van der Waals surface area contributed by atoms with E-state index in [2.05, 4.69) is 20.5 Å². The van der Waals surface area contributed by atoms with Crippen molar-refractivity contribution in [1.82, 2.24) is 20.3 Å². The number of carbonyl (C=O) groups is 1. The van der Waals surface area contributed by atoms with Crippen LogP contribution in [-0.2, 0) is 0 Å². The fourth-order valence-corrected chi connectivity index (χ4v) is 4.26. The van der Waals surface area contributed by atoms with Crippen LogP contribution in [0, 0.1) is 11.7 Å². The van der Waals surface area contributed by atoms with Gasteiger partial charge in [0.25, 0.3) is 5.91 Å². The number of hydrazone groups is 1. The highest BCUT2D eigenvalue weighted by molar-refractivity contribution is 6.01. The number of methoxy groups -OCH3 is 2. The number of aromatic nitrogens is 2. The summed E-state index contributed by atoms with van der Waals surface area (Å²) in [6.45, 7) is 2.33. The van der Waals surface area contributed by atoms with Gasteiger partial charge in [0.1, 0.15) is 11.4 Å². The molecule has 2 aromatic rings. The molecule has 2 fully saturated rings. The molecule has 1 N–H and O–H groups in total. The molecule has 2 saturated heterocycles. The highest BCUT2D eigenvalue weighted by Crippen LogP contribution is 2.37. The lowest BCUT2D eigenvalue weighted by molar-refractivity contribution is 0.0324. The molecule has 2 unspecified atom stereocenters. The van der Waals surface area contributed by atoms with Crippen LogP contribution in [0.1, 0.15) is 10.4 Å². The third-order valence-corrected chi connectivity index (χ3v) is 5.83. The number of anilines is 2. The summed E-state index contributed by atoms with van der Waals surface area (Å²) in [7, 11) is 3.07. The van der Waals surface area contributed by atoms with Crippen LogP contribution in [0.3, 0.4) is 0 Å². The van der Waals surface area contributed by atoms with Gasteiger partial charge in [0, 0.05) is 31.8 Å². The first-order chi connectivity index (χ1) is 15.1. The number of hydrogen-bond donors (Lipinski definition) is 1. The van der Waals surface area contributed by atoms with Crippen LogP contribution in [0.25, 0.3) is 0 Å². The summed E-state index contributed by atoms with van der Waals surface area (Å²) in [6, 6.07) is 6.11. The van der Waals surface area contributed by atoms with E-state index >= 15 is 0 Å². The largest absolute Gasteiger partial charge is 0.481 e. The summed E-state index contributed by atoms with van der Waals surface area (Å²) in [5.41, 5.74) is 3.41. The molecule has 11 heteroatoms. The minimum absolute atomic E-state index is 0.0187. The van der Waals surface area contributed by atoms with Gasteiger partial charge in [0.05, 0.1) is 38.6 Å². The van der Waals surface area contributed by atoms with E-state index in [1.807, 2.05) is 4.90 Å². The van der Waals surface area contributed by atoms with Crippen LogP contribution in [0.15, 0.2) is 29.4 Å². The Morgan fingerprint density at radius 1 is 1.16 bits per heavy atom. The molecule has 5 rings (SSSR count). The maximum absolute atomic E-state index is 14.7. The second-order valence-corrected chi connectivity index (χ2v) is 7.55. The Morgan fingerprint density at radius 2 is 1.94 bits per heavy atom. The van der Waals surface area contributed by atoms with Crippen molar-refractivity contribution >= 4 is 23.8 Å². The molecule has 3 aliphatic heterocycles. The zero-order valence-electron chi connectivity index (χ0n) is 17.2. The summed E-state index contributed by atoms with van der Waals surface area (Å²) < 4.78 is 25.2. The normalized spacial score (nSPS) is 21.8. The zero-order valence-corrected chi connectivity index (χ0v) is 17.2. The fourth-order valence-electron chi connectivity index (χ4n) is 4.26. The molecule has 0 bridgehead atoms. The van der Waals surface area contributed by atoms with Crippen molar-refractivity contribution in [3.05, 3.63) is 35.6 Å². The minimum atomic E-state index is -0.564. The van der Waals surface area contributed by atoms with Gasteiger partial charge in [-0.3, -0.25) is 4.79 Å². The quantitative estimate of drug-likeness (QED) is 0.752. The molecule has 31 heavy (non-hydrogen) atoms. The predicted octanol–water partition coefficient (Wildman–Crippen LogP) is 0.904. The average molecular weight is 427 g/mol. The van der Waals surface area contributed by atoms with Crippen LogP contribution in [0.2, 0.25) is 0 Å². The third kappa shape index (κ3) is 3.30. The van der Waals surface area contributed by atoms with Crippen molar-refractivity contribution in [2.75, 3.05) is 50.4 Å². The molecule has 0 aliphatic carbocycles. The summed E-state index contributed by atoms with van der Waals surface area (Å²) in [4.78, 5) is 25.8. The fraction of sp³-hybridized carbons (Fsp3) is 0.400. The number of hydrogen-bond acceptors (Lipinski definition) is 9. The van der Waals surface area contributed by atoms with Gasteiger partial charge in [-0.2, -0.15) is 20.2 Å². The second-order valence-electron chi connectivity index (χ2n) is 7.55. The molecule has 4 heterocycles. The topological polar surface area (TPSA) is 95.4 Å². The molecule has 1 aromatic heterocycles. The molecule has 0 spiro atoms. The molecule has 10 nitrogen and oxygen atoms in total. The summed E-state index contributed by atoms with van der Waals surface area (Å²) in [5.74, 6) is 0.658. The standard InChI is InChI=1S/C20H22FN7O3/c1-30-16-8-17(31-2)25-20(24-16)26-9-12-10-27(15(12)11-26)19(29)18-13(21)4-3-5-14(18)28-22-6-7-23-28/h3-6,8,12,15,23H,7,9-11H2,1-2H3. The number of rotatable bonds is 5. The van der Waals surface area contributed by atoms with E-state index in [4.69, 9.17) is 9.47 Å².